The molecular weight excluding hydrogens is 358 g/mol. The van der Waals surface area contributed by atoms with E-state index in [1.54, 1.807) is 24.3 Å². The van der Waals surface area contributed by atoms with E-state index in [0.29, 0.717) is 30.0 Å². The molecule has 0 radical (unpaired) electrons. The summed E-state index contributed by atoms with van der Waals surface area (Å²) in [5.74, 6) is -0.725. The van der Waals surface area contributed by atoms with E-state index in [1.807, 2.05) is 6.08 Å². The molecule has 0 saturated carbocycles. The fraction of sp³-hybridized carbons (Fsp3) is 0.500. The first-order valence-electron chi connectivity index (χ1n) is 10.0. The van der Waals surface area contributed by atoms with Gasteiger partial charge < -0.3 is 9.84 Å². The van der Waals surface area contributed by atoms with Crippen LogP contribution in [0.4, 0.5) is 0 Å². The Morgan fingerprint density at radius 1 is 1.07 bits per heavy atom. The van der Waals surface area contributed by atoms with Crippen molar-refractivity contribution in [2.75, 3.05) is 6.54 Å². The molecule has 2 fully saturated rings. The number of unbranched alkanes of at least 4 members (excludes halogenated alkanes) is 1. The highest BCUT2D eigenvalue weighted by molar-refractivity contribution is 6.21. The number of carboxylic acid groups (broad SMARTS) is 1. The third kappa shape index (κ3) is 3.49. The summed E-state index contributed by atoms with van der Waals surface area (Å²) < 4.78 is 6.10. The summed E-state index contributed by atoms with van der Waals surface area (Å²) in [5, 5.41) is 8.69. The predicted molar refractivity (Wildman–Crippen MR) is 102 cm³/mol. The normalized spacial score (nSPS) is 28.5. The molecule has 4 atom stereocenters. The molecular formula is C22H25NO5. The van der Waals surface area contributed by atoms with Gasteiger partial charge in [-0.2, -0.15) is 0 Å². The van der Waals surface area contributed by atoms with Gasteiger partial charge in [0.15, 0.2) is 0 Å². The van der Waals surface area contributed by atoms with Gasteiger partial charge in [0.05, 0.1) is 23.3 Å². The summed E-state index contributed by atoms with van der Waals surface area (Å²) in [4.78, 5) is 37.4. The number of nitrogens with zero attached hydrogens (tertiary/aromatic N) is 1. The molecule has 0 aliphatic carbocycles. The number of rotatable bonds is 8. The maximum atomic E-state index is 12.7. The van der Waals surface area contributed by atoms with Gasteiger partial charge in [-0.05, 0) is 50.2 Å². The van der Waals surface area contributed by atoms with E-state index in [2.05, 4.69) is 6.08 Å². The van der Waals surface area contributed by atoms with Crippen molar-refractivity contribution in [3.8, 4) is 0 Å². The maximum Gasteiger partial charge on any atom is 0.303 e. The Balaban J connectivity index is 1.39. The second kappa shape index (κ2) is 7.87. The standard InChI is InChI=1S/C22H25NO5/c24-20(25)10-4-2-1-3-7-14-17(19-12-11-18(14)28-19)13-23-21(26)15-8-5-6-9-16(15)22(23)27/h1,3,5-6,8-9,14,17-19H,2,4,7,10-13H2,(H,24,25)/t14-,17+,18-,19+/m0/s1. The number of allylic oxidation sites excluding steroid dienone is 2. The fourth-order valence-corrected chi connectivity index (χ4v) is 4.81. The summed E-state index contributed by atoms with van der Waals surface area (Å²) in [7, 11) is 0. The largest absolute Gasteiger partial charge is 0.481 e. The second-order valence-electron chi connectivity index (χ2n) is 7.88. The number of carbonyl (C=O) groups excluding carboxylic acids is 2. The fourth-order valence-electron chi connectivity index (χ4n) is 4.81. The van der Waals surface area contributed by atoms with Crippen molar-refractivity contribution >= 4 is 17.8 Å². The molecule has 0 aromatic heterocycles. The zero-order valence-corrected chi connectivity index (χ0v) is 15.8. The highest BCUT2D eigenvalue weighted by Gasteiger charge is 2.50. The lowest BCUT2D eigenvalue weighted by Gasteiger charge is -2.30. The molecule has 1 aromatic carbocycles. The maximum absolute atomic E-state index is 12.7. The molecule has 6 heteroatoms. The molecule has 28 heavy (non-hydrogen) atoms. The Morgan fingerprint density at radius 3 is 2.36 bits per heavy atom. The monoisotopic (exact) mass is 383 g/mol. The molecule has 6 nitrogen and oxygen atoms in total. The van der Waals surface area contributed by atoms with Crippen molar-refractivity contribution in [1.82, 2.24) is 4.90 Å². The summed E-state index contributed by atoms with van der Waals surface area (Å²) >= 11 is 0. The Labute approximate surface area is 164 Å². The van der Waals surface area contributed by atoms with E-state index in [4.69, 9.17) is 9.84 Å². The zero-order valence-electron chi connectivity index (χ0n) is 15.8. The molecule has 1 aromatic rings. The smallest absolute Gasteiger partial charge is 0.303 e. The predicted octanol–water partition coefficient (Wildman–Crippen LogP) is 3.28. The number of ether oxygens (including phenoxy) is 1. The number of amides is 2. The average Bonchev–Trinajstić information content (AvgIpc) is 3.35. The Bertz CT molecular complexity index is 782. The van der Waals surface area contributed by atoms with Gasteiger partial charge in [-0.1, -0.05) is 24.3 Å². The quantitative estimate of drug-likeness (QED) is 0.423. The van der Waals surface area contributed by atoms with E-state index in [1.165, 1.54) is 4.90 Å². The van der Waals surface area contributed by atoms with Gasteiger partial charge in [0.2, 0.25) is 0 Å². The van der Waals surface area contributed by atoms with Crippen LogP contribution in [0.2, 0.25) is 0 Å². The lowest BCUT2D eigenvalue weighted by Crippen LogP contribution is -2.41. The summed E-state index contributed by atoms with van der Waals surface area (Å²) in [6.07, 6.45) is 8.85. The third-order valence-electron chi connectivity index (χ3n) is 6.20. The number of hydrogen-bond acceptors (Lipinski definition) is 4. The number of aliphatic carboxylic acids is 1. The molecule has 3 heterocycles. The van der Waals surface area contributed by atoms with Gasteiger partial charge in [0, 0.05) is 18.9 Å². The van der Waals surface area contributed by atoms with Crippen LogP contribution in [-0.4, -0.2) is 46.5 Å². The molecule has 3 aliphatic heterocycles. The van der Waals surface area contributed by atoms with Crippen molar-refractivity contribution in [3.63, 3.8) is 0 Å². The Kier molecular flexibility index (Phi) is 5.31. The van der Waals surface area contributed by atoms with Crippen LogP contribution in [0.15, 0.2) is 36.4 Å². The molecule has 148 valence electrons. The summed E-state index contributed by atoms with van der Waals surface area (Å²) in [5.41, 5.74) is 0.984. The van der Waals surface area contributed by atoms with E-state index in [-0.39, 0.29) is 36.4 Å². The minimum atomic E-state index is -0.768. The van der Waals surface area contributed by atoms with Crippen LogP contribution in [-0.2, 0) is 9.53 Å². The Morgan fingerprint density at radius 2 is 1.71 bits per heavy atom. The van der Waals surface area contributed by atoms with Gasteiger partial charge in [-0.15, -0.1) is 0 Å². The molecule has 4 rings (SSSR count). The minimum Gasteiger partial charge on any atom is -0.481 e. The molecule has 3 aliphatic rings. The van der Waals surface area contributed by atoms with Crippen molar-refractivity contribution in [2.24, 2.45) is 11.8 Å². The minimum absolute atomic E-state index is 0.111. The number of benzene rings is 1. The highest BCUT2D eigenvalue weighted by atomic mass is 16.5. The third-order valence-corrected chi connectivity index (χ3v) is 6.20. The topological polar surface area (TPSA) is 83.9 Å². The zero-order chi connectivity index (χ0) is 19.7. The number of carboxylic acids is 1. The molecule has 0 spiro atoms. The summed E-state index contributed by atoms with van der Waals surface area (Å²) in [6.45, 7) is 0.408. The van der Waals surface area contributed by atoms with Crippen LogP contribution in [0.1, 0.15) is 59.2 Å². The number of carbonyl (C=O) groups is 3. The van der Waals surface area contributed by atoms with Crippen molar-refractivity contribution in [2.45, 2.75) is 50.7 Å². The summed E-state index contributed by atoms with van der Waals surface area (Å²) in [6, 6.07) is 6.99. The Hall–Kier alpha value is -2.47. The van der Waals surface area contributed by atoms with E-state index in [9.17, 15) is 14.4 Å². The van der Waals surface area contributed by atoms with Crippen LogP contribution >= 0.6 is 0 Å². The molecule has 2 saturated heterocycles. The lowest BCUT2D eigenvalue weighted by atomic mass is 9.77. The molecule has 0 unspecified atom stereocenters. The van der Waals surface area contributed by atoms with Gasteiger partial charge in [-0.25, -0.2) is 0 Å². The van der Waals surface area contributed by atoms with Crippen molar-refractivity contribution in [1.29, 1.82) is 0 Å². The number of imide groups is 1. The van der Waals surface area contributed by atoms with Gasteiger partial charge >= 0.3 is 5.97 Å². The first-order chi connectivity index (χ1) is 13.6. The molecule has 2 amide bonds. The lowest BCUT2D eigenvalue weighted by molar-refractivity contribution is -0.137. The van der Waals surface area contributed by atoms with E-state index in [0.717, 1.165) is 25.7 Å². The SMILES string of the molecule is O=C(O)CCCC=CC[C@H]1[C@@H](CN2C(=O)c3ccccc3C2=O)[C@H]2CC[C@@H]1O2. The second-order valence-corrected chi connectivity index (χ2v) is 7.88. The highest BCUT2D eigenvalue weighted by Crippen LogP contribution is 2.46. The van der Waals surface area contributed by atoms with E-state index < -0.39 is 5.97 Å². The van der Waals surface area contributed by atoms with Crippen LogP contribution in [0.25, 0.3) is 0 Å². The molecule has 1 N–H and O–H groups in total. The number of hydrogen-bond donors (Lipinski definition) is 1. The van der Waals surface area contributed by atoms with Crippen molar-refractivity contribution in [3.05, 3.63) is 47.5 Å². The van der Waals surface area contributed by atoms with Gasteiger partial charge in [-0.3, -0.25) is 19.3 Å². The van der Waals surface area contributed by atoms with Gasteiger partial charge in [0.1, 0.15) is 0 Å². The van der Waals surface area contributed by atoms with E-state index >= 15 is 0 Å². The van der Waals surface area contributed by atoms with Crippen LogP contribution in [0, 0.1) is 11.8 Å². The van der Waals surface area contributed by atoms with Gasteiger partial charge in [0.25, 0.3) is 11.8 Å². The van der Waals surface area contributed by atoms with Crippen LogP contribution in [0.5, 0.6) is 0 Å². The molecule has 2 bridgehead atoms. The number of fused-ring (bicyclic) bond motifs is 3. The first kappa shape index (κ1) is 18.9. The van der Waals surface area contributed by atoms with Crippen LogP contribution in [0.3, 0.4) is 0 Å². The first-order valence-corrected chi connectivity index (χ1v) is 10.0. The van der Waals surface area contributed by atoms with Crippen molar-refractivity contribution < 1.29 is 24.2 Å². The van der Waals surface area contributed by atoms with Crippen LogP contribution < -0.4 is 0 Å². The average molecular weight is 383 g/mol.